The summed E-state index contributed by atoms with van der Waals surface area (Å²) in [6.07, 6.45) is 10.5. The van der Waals surface area contributed by atoms with Gasteiger partial charge in [0.1, 0.15) is 0 Å². The van der Waals surface area contributed by atoms with Gasteiger partial charge in [-0.1, -0.05) is 26.2 Å². The molecule has 2 aromatic heterocycles. The topological polar surface area (TPSA) is 123 Å². The molecule has 4 heterocycles. The molecule has 3 aromatic rings. The van der Waals surface area contributed by atoms with Gasteiger partial charge in [-0.05, 0) is 69.8 Å². The quantitative estimate of drug-likeness (QED) is 0.185. The van der Waals surface area contributed by atoms with E-state index in [0.29, 0.717) is 24.2 Å². The fraction of sp³-hybridized carbons (Fsp3) is 0.600. The number of nitrogens with one attached hydrogen (secondary N) is 3. The minimum absolute atomic E-state index is 0.0106. The Morgan fingerprint density at radius 3 is 2.39 bits per heavy atom. The highest BCUT2D eigenvalue weighted by Gasteiger charge is 2.22. The van der Waals surface area contributed by atoms with Crippen LogP contribution in [0.2, 0.25) is 0 Å². The first-order valence-corrected chi connectivity index (χ1v) is 17.3. The molecule has 2 fully saturated rings. The van der Waals surface area contributed by atoms with Gasteiger partial charge in [-0.2, -0.15) is 5.10 Å². The van der Waals surface area contributed by atoms with Gasteiger partial charge in [-0.15, -0.1) is 0 Å². The van der Waals surface area contributed by atoms with E-state index in [1.807, 2.05) is 10.9 Å². The molecule has 0 saturated carbocycles. The number of morpholine rings is 1. The number of nitrogens with zero attached hydrogens (tertiary/aromatic N) is 4. The summed E-state index contributed by atoms with van der Waals surface area (Å²) in [5, 5.41) is 15.4. The lowest BCUT2D eigenvalue weighted by molar-refractivity contribution is -0.116. The Bertz CT molecular complexity index is 1410. The molecular formula is C35H51N7O4. The first kappa shape index (κ1) is 33.8. The van der Waals surface area contributed by atoms with Crippen molar-refractivity contribution in [2.75, 3.05) is 56.7 Å². The minimum Gasteiger partial charge on any atom is -0.381 e. The van der Waals surface area contributed by atoms with E-state index in [2.05, 4.69) is 39.8 Å². The Morgan fingerprint density at radius 2 is 1.65 bits per heavy atom. The van der Waals surface area contributed by atoms with Gasteiger partial charge in [0.15, 0.2) is 5.65 Å². The van der Waals surface area contributed by atoms with Crippen LogP contribution < -0.4 is 16.0 Å². The van der Waals surface area contributed by atoms with Crippen LogP contribution in [0.1, 0.15) is 86.8 Å². The third kappa shape index (κ3) is 9.27. The average Bonchev–Trinajstić information content (AvgIpc) is 3.51. The number of hydrogen-bond acceptors (Lipinski definition) is 8. The highest BCUT2D eigenvalue weighted by molar-refractivity contribution is 5.96. The number of benzene rings is 1. The summed E-state index contributed by atoms with van der Waals surface area (Å²) in [6, 6.07) is 7.39. The minimum atomic E-state index is -0.171. The van der Waals surface area contributed by atoms with E-state index in [-0.39, 0.29) is 17.9 Å². The molecule has 46 heavy (non-hydrogen) atoms. The second-order valence-corrected chi connectivity index (χ2v) is 12.3. The molecule has 250 valence electrons. The van der Waals surface area contributed by atoms with E-state index in [1.165, 1.54) is 12.8 Å². The molecule has 1 aromatic carbocycles. The molecule has 0 unspecified atom stereocenters. The van der Waals surface area contributed by atoms with Crippen LogP contribution in [0.5, 0.6) is 0 Å². The third-order valence-corrected chi connectivity index (χ3v) is 9.01. The summed E-state index contributed by atoms with van der Waals surface area (Å²) < 4.78 is 12.9. The van der Waals surface area contributed by atoms with Gasteiger partial charge in [0, 0.05) is 74.4 Å². The lowest BCUT2D eigenvalue weighted by Crippen LogP contribution is -2.36. The zero-order valence-electron chi connectivity index (χ0n) is 27.6. The van der Waals surface area contributed by atoms with Gasteiger partial charge in [0.2, 0.25) is 5.91 Å². The molecule has 0 radical (unpaired) electrons. The van der Waals surface area contributed by atoms with E-state index in [9.17, 15) is 9.59 Å². The second-order valence-electron chi connectivity index (χ2n) is 12.3. The van der Waals surface area contributed by atoms with Crippen molar-refractivity contribution in [3.05, 3.63) is 47.3 Å². The standard InChI is InChI=1S/C35H51N7O4/c1-3-31-29(33(39-28-15-20-45-21-16-28)30-25-37-42(4-2)34(30)40-31)24-36-35(44)26-11-13-27(14-12-26)38-32(43)10-8-6-5-7-9-17-41-18-22-46-23-19-41/h11-14,25,28H,3-10,15-24H2,1-2H3,(H,36,44)(H,38,43)(H,39,40). The Kier molecular flexibility index (Phi) is 12.8. The Hall–Kier alpha value is -3.54. The molecule has 11 nitrogen and oxygen atoms in total. The number of hydrogen-bond donors (Lipinski definition) is 3. The van der Waals surface area contributed by atoms with Gasteiger partial charge >= 0.3 is 0 Å². The van der Waals surface area contributed by atoms with E-state index >= 15 is 0 Å². The number of aryl methyl sites for hydroxylation is 2. The number of aromatic nitrogens is 3. The molecule has 2 saturated heterocycles. The predicted octanol–water partition coefficient (Wildman–Crippen LogP) is 5.15. The van der Waals surface area contributed by atoms with E-state index in [4.69, 9.17) is 14.5 Å². The first-order chi connectivity index (χ1) is 22.6. The normalized spacial score (nSPS) is 16.0. The first-order valence-electron chi connectivity index (χ1n) is 17.3. The Morgan fingerprint density at radius 1 is 0.935 bits per heavy atom. The zero-order valence-corrected chi connectivity index (χ0v) is 27.6. The van der Waals surface area contributed by atoms with Crippen molar-refractivity contribution in [2.24, 2.45) is 0 Å². The average molecular weight is 634 g/mol. The van der Waals surface area contributed by atoms with Crippen molar-refractivity contribution in [2.45, 2.75) is 90.8 Å². The number of pyridine rings is 1. The number of fused-ring (bicyclic) bond motifs is 1. The molecule has 0 aliphatic carbocycles. The maximum atomic E-state index is 13.2. The summed E-state index contributed by atoms with van der Waals surface area (Å²) in [4.78, 5) is 33.2. The lowest BCUT2D eigenvalue weighted by atomic mass is 10.0. The molecular weight excluding hydrogens is 582 g/mol. The van der Waals surface area contributed by atoms with E-state index in [1.54, 1.807) is 24.3 Å². The van der Waals surface area contributed by atoms with E-state index in [0.717, 1.165) is 119 Å². The van der Waals surface area contributed by atoms with Crippen LogP contribution in [0.4, 0.5) is 11.4 Å². The van der Waals surface area contributed by atoms with Gasteiger partial charge in [0.25, 0.3) is 5.91 Å². The summed E-state index contributed by atoms with van der Waals surface area (Å²) in [5.74, 6) is -0.161. The maximum Gasteiger partial charge on any atom is 0.251 e. The highest BCUT2D eigenvalue weighted by atomic mass is 16.5. The molecule has 0 spiro atoms. The van der Waals surface area contributed by atoms with E-state index < -0.39 is 0 Å². The molecule has 2 amide bonds. The van der Waals surface area contributed by atoms with Crippen molar-refractivity contribution in [3.8, 4) is 0 Å². The van der Waals surface area contributed by atoms with Gasteiger partial charge < -0.3 is 25.4 Å². The Balaban J connectivity index is 1.11. The SMILES string of the molecule is CCc1nc2c(cnn2CC)c(NC2CCOCC2)c1CNC(=O)c1ccc(NC(=O)CCCCCCCN2CCOCC2)cc1. The lowest BCUT2D eigenvalue weighted by Gasteiger charge is -2.26. The summed E-state index contributed by atoms with van der Waals surface area (Å²) in [5.41, 5.74) is 5.04. The van der Waals surface area contributed by atoms with Crippen molar-refractivity contribution >= 4 is 34.2 Å². The number of rotatable bonds is 16. The summed E-state index contributed by atoms with van der Waals surface area (Å²) >= 11 is 0. The third-order valence-electron chi connectivity index (χ3n) is 9.01. The van der Waals surface area contributed by atoms with Crippen LogP contribution in [0.25, 0.3) is 11.0 Å². The van der Waals surface area contributed by atoms with Crippen molar-refractivity contribution in [1.82, 2.24) is 25.0 Å². The monoisotopic (exact) mass is 633 g/mol. The van der Waals surface area contributed by atoms with Crippen LogP contribution in [-0.2, 0) is 33.8 Å². The fourth-order valence-corrected chi connectivity index (χ4v) is 6.28. The molecule has 5 rings (SSSR count). The van der Waals surface area contributed by atoms with Crippen molar-refractivity contribution in [1.29, 1.82) is 0 Å². The smallest absolute Gasteiger partial charge is 0.251 e. The highest BCUT2D eigenvalue weighted by Crippen LogP contribution is 2.31. The number of anilines is 2. The number of carbonyl (C=O) groups excluding carboxylic acids is 2. The van der Waals surface area contributed by atoms with Crippen LogP contribution in [0.15, 0.2) is 30.5 Å². The van der Waals surface area contributed by atoms with Gasteiger partial charge in [0.05, 0.1) is 30.5 Å². The molecule has 2 aliphatic rings. The Labute approximate surface area is 272 Å². The van der Waals surface area contributed by atoms with Gasteiger partial charge in [-0.25, -0.2) is 9.67 Å². The number of carbonyl (C=O) groups is 2. The molecule has 11 heteroatoms. The predicted molar refractivity (Wildman–Crippen MR) is 181 cm³/mol. The summed E-state index contributed by atoms with van der Waals surface area (Å²) in [6.45, 7) is 11.6. The van der Waals surface area contributed by atoms with Gasteiger partial charge in [-0.3, -0.25) is 14.5 Å². The number of ether oxygens (including phenoxy) is 2. The molecule has 3 N–H and O–H groups in total. The van der Waals surface area contributed by atoms with Crippen molar-refractivity contribution in [3.63, 3.8) is 0 Å². The molecule has 0 bridgehead atoms. The largest absolute Gasteiger partial charge is 0.381 e. The van der Waals surface area contributed by atoms with Crippen LogP contribution in [0.3, 0.4) is 0 Å². The number of amides is 2. The van der Waals surface area contributed by atoms with Crippen molar-refractivity contribution < 1.29 is 19.1 Å². The van der Waals surface area contributed by atoms with Crippen LogP contribution >= 0.6 is 0 Å². The molecule has 2 aliphatic heterocycles. The van der Waals surface area contributed by atoms with Crippen LogP contribution in [0, 0.1) is 0 Å². The molecule has 0 atom stereocenters. The maximum absolute atomic E-state index is 13.2. The summed E-state index contributed by atoms with van der Waals surface area (Å²) in [7, 11) is 0. The fourth-order valence-electron chi connectivity index (χ4n) is 6.28. The zero-order chi connectivity index (χ0) is 32.1. The number of unbranched alkanes of at least 4 members (excludes halogenated alkanes) is 4. The van der Waals surface area contributed by atoms with Crippen LogP contribution in [-0.4, -0.2) is 83.6 Å². The second kappa shape index (κ2) is 17.4.